The van der Waals surface area contributed by atoms with Crippen LogP contribution in [0.5, 0.6) is 0 Å². The van der Waals surface area contributed by atoms with E-state index < -0.39 is 10.0 Å². The Hall–Kier alpha value is -1.40. The fourth-order valence-corrected chi connectivity index (χ4v) is 4.67. The maximum atomic E-state index is 12.7. The summed E-state index contributed by atoms with van der Waals surface area (Å²) >= 11 is 0. The van der Waals surface area contributed by atoms with Crippen LogP contribution in [0, 0.1) is 6.92 Å². The molecule has 1 amide bonds. The quantitative estimate of drug-likeness (QED) is 0.867. The highest BCUT2D eigenvalue weighted by Crippen LogP contribution is 2.24. The van der Waals surface area contributed by atoms with Gasteiger partial charge < -0.3 is 5.32 Å². The van der Waals surface area contributed by atoms with Crippen LogP contribution in [0.1, 0.15) is 55.5 Å². The van der Waals surface area contributed by atoms with Crippen LogP contribution in [0.3, 0.4) is 0 Å². The Kier molecular flexibility index (Phi) is 5.81. The Balaban J connectivity index is 2.27. The molecule has 5 nitrogen and oxygen atoms in total. The molecule has 23 heavy (non-hydrogen) atoms. The molecule has 0 aliphatic carbocycles. The molecule has 1 aliphatic rings. The molecule has 0 radical (unpaired) electrons. The van der Waals surface area contributed by atoms with Crippen molar-refractivity contribution in [2.24, 2.45) is 0 Å². The first-order valence-electron chi connectivity index (χ1n) is 8.28. The van der Waals surface area contributed by atoms with Gasteiger partial charge in [-0.3, -0.25) is 4.79 Å². The number of nitrogens with zero attached hydrogens (tertiary/aromatic N) is 1. The Morgan fingerprint density at radius 2 is 1.96 bits per heavy atom. The van der Waals surface area contributed by atoms with E-state index in [1.165, 1.54) is 10.4 Å². The SMILES string of the molecule is CCCC(C)NC(=O)c1ccc(C)c(S(=O)(=O)N2CCCC2)c1. The smallest absolute Gasteiger partial charge is 0.251 e. The molecule has 1 aromatic carbocycles. The van der Waals surface area contributed by atoms with E-state index in [2.05, 4.69) is 12.2 Å². The van der Waals surface area contributed by atoms with Crippen LogP contribution in [0.15, 0.2) is 23.1 Å². The van der Waals surface area contributed by atoms with Gasteiger partial charge in [-0.2, -0.15) is 4.31 Å². The number of rotatable bonds is 6. The number of nitrogens with one attached hydrogen (secondary N) is 1. The molecule has 1 aromatic rings. The highest BCUT2D eigenvalue weighted by atomic mass is 32.2. The van der Waals surface area contributed by atoms with Crippen molar-refractivity contribution in [1.29, 1.82) is 0 Å². The predicted octanol–water partition coefficient (Wildman–Crippen LogP) is 2.70. The zero-order valence-electron chi connectivity index (χ0n) is 14.1. The van der Waals surface area contributed by atoms with Crippen LogP contribution in [-0.2, 0) is 10.0 Å². The lowest BCUT2D eigenvalue weighted by Gasteiger charge is -2.18. The molecule has 2 rings (SSSR count). The molecule has 1 atom stereocenters. The monoisotopic (exact) mass is 338 g/mol. The standard InChI is InChI=1S/C17H26N2O3S/c1-4-7-14(3)18-17(20)15-9-8-13(2)16(12-15)23(21,22)19-10-5-6-11-19/h8-9,12,14H,4-7,10-11H2,1-3H3,(H,18,20). The van der Waals surface area contributed by atoms with Crippen molar-refractivity contribution in [3.63, 3.8) is 0 Å². The van der Waals surface area contributed by atoms with Crippen LogP contribution in [0.25, 0.3) is 0 Å². The van der Waals surface area contributed by atoms with Gasteiger partial charge in [0.15, 0.2) is 0 Å². The first-order valence-corrected chi connectivity index (χ1v) is 9.72. The molecule has 0 saturated carbocycles. The van der Waals surface area contributed by atoms with Gasteiger partial charge in [-0.25, -0.2) is 8.42 Å². The fourth-order valence-electron chi connectivity index (χ4n) is 2.90. The van der Waals surface area contributed by atoms with Crippen molar-refractivity contribution < 1.29 is 13.2 Å². The number of aryl methyl sites for hydroxylation is 1. The summed E-state index contributed by atoms with van der Waals surface area (Å²) in [6.07, 6.45) is 3.68. The molecule has 6 heteroatoms. The van der Waals surface area contributed by atoms with Gasteiger partial charge in [-0.1, -0.05) is 19.4 Å². The summed E-state index contributed by atoms with van der Waals surface area (Å²) in [5, 5.41) is 2.92. The lowest BCUT2D eigenvalue weighted by molar-refractivity contribution is 0.0938. The summed E-state index contributed by atoms with van der Waals surface area (Å²) in [5.41, 5.74) is 1.08. The number of carbonyl (C=O) groups excluding carboxylic acids is 1. The molecule has 0 bridgehead atoms. The van der Waals surface area contributed by atoms with Gasteiger partial charge in [0, 0.05) is 24.7 Å². The van der Waals surface area contributed by atoms with Crippen molar-refractivity contribution >= 4 is 15.9 Å². The van der Waals surface area contributed by atoms with E-state index in [0.717, 1.165) is 25.7 Å². The molecule has 1 unspecified atom stereocenters. The minimum Gasteiger partial charge on any atom is -0.350 e. The van der Waals surface area contributed by atoms with Crippen LogP contribution in [-0.4, -0.2) is 37.8 Å². The minimum absolute atomic E-state index is 0.0763. The second kappa shape index (κ2) is 7.45. The van der Waals surface area contributed by atoms with E-state index in [0.29, 0.717) is 24.2 Å². The van der Waals surface area contributed by atoms with Crippen molar-refractivity contribution in [3.8, 4) is 0 Å². The van der Waals surface area contributed by atoms with Crippen molar-refractivity contribution in [3.05, 3.63) is 29.3 Å². The molecule has 1 aliphatic heterocycles. The Morgan fingerprint density at radius 3 is 2.57 bits per heavy atom. The van der Waals surface area contributed by atoms with Gasteiger partial charge in [0.25, 0.3) is 5.91 Å². The van der Waals surface area contributed by atoms with Gasteiger partial charge in [-0.15, -0.1) is 0 Å². The zero-order chi connectivity index (χ0) is 17.0. The molecule has 1 saturated heterocycles. The van der Waals surface area contributed by atoms with E-state index >= 15 is 0 Å². The molecule has 1 fully saturated rings. The van der Waals surface area contributed by atoms with Gasteiger partial charge in [0.1, 0.15) is 0 Å². The second-order valence-corrected chi connectivity index (χ2v) is 8.16. The Bertz CT molecular complexity index is 664. The topological polar surface area (TPSA) is 66.5 Å². The van der Waals surface area contributed by atoms with Crippen LogP contribution in [0.2, 0.25) is 0 Å². The Labute approximate surface area is 139 Å². The fraction of sp³-hybridized carbons (Fsp3) is 0.588. The molecular formula is C17H26N2O3S. The lowest BCUT2D eigenvalue weighted by Crippen LogP contribution is -2.33. The normalized spacial score (nSPS) is 17.2. The molecular weight excluding hydrogens is 312 g/mol. The molecule has 0 aromatic heterocycles. The minimum atomic E-state index is -3.51. The van der Waals surface area contributed by atoms with Gasteiger partial charge >= 0.3 is 0 Å². The number of sulfonamides is 1. The zero-order valence-corrected chi connectivity index (χ0v) is 14.9. The summed E-state index contributed by atoms with van der Waals surface area (Å²) in [6, 6.07) is 4.98. The van der Waals surface area contributed by atoms with E-state index in [9.17, 15) is 13.2 Å². The maximum absolute atomic E-state index is 12.7. The maximum Gasteiger partial charge on any atom is 0.251 e. The molecule has 1 heterocycles. The number of carbonyl (C=O) groups is 1. The average molecular weight is 338 g/mol. The van der Waals surface area contributed by atoms with Crippen molar-refractivity contribution in [2.75, 3.05) is 13.1 Å². The largest absolute Gasteiger partial charge is 0.350 e. The third kappa shape index (κ3) is 4.12. The number of hydrogen-bond donors (Lipinski definition) is 1. The van der Waals surface area contributed by atoms with Crippen LogP contribution in [0.4, 0.5) is 0 Å². The van der Waals surface area contributed by atoms with Gasteiger partial charge in [0.2, 0.25) is 10.0 Å². The predicted molar refractivity (Wildman–Crippen MR) is 91.0 cm³/mol. The third-order valence-electron chi connectivity index (χ3n) is 4.23. The second-order valence-electron chi connectivity index (χ2n) is 6.25. The number of benzene rings is 1. The highest BCUT2D eigenvalue weighted by molar-refractivity contribution is 7.89. The van der Waals surface area contributed by atoms with E-state index in [1.807, 2.05) is 6.92 Å². The highest BCUT2D eigenvalue weighted by Gasteiger charge is 2.29. The summed E-state index contributed by atoms with van der Waals surface area (Å²) in [7, 11) is -3.51. The summed E-state index contributed by atoms with van der Waals surface area (Å²) < 4.78 is 27.0. The van der Waals surface area contributed by atoms with E-state index in [-0.39, 0.29) is 16.8 Å². The van der Waals surface area contributed by atoms with Crippen LogP contribution < -0.4 is 5.32 Å². The summed E-state index contributed by atoms with van der Waals surface area (Å²) in [4.78, 5) is 12.6. The number of hydrogen-bond acceptors (Lipinski definition) is 3. The molecule has 128 valence electrons. The molecule has 1 N–H and O–H groups in total. The van der Waals surface area contributed by atoms with E-state index in [1.54, 1.807) is 19.1 Å². The van der Waals surface area contributed by atoms with E-state index in [4.69, 9.17) is 0 Å². The van der Waals surface area contributed by atoms with Gasteiger partial charge in [-0.05, 0) is 50.8 Å². The molecule has 0 spiro atoms. The average Bonchev–Trinajstić information content (AvgIpc) is 3.02. The summed E-state index contributed by atoms with van der Waals surface area (Å²) in [5.74, 6) is -0.219. The first kappa shape index (κ1) is 17.9. The van der Waals surface area contributed by atoms with Gasteiger partial charge in [0.05, 0.1) is 4.90 Å². The first-order chi connectivity index (χ1) is 10.9. The Morgan fingerprint density at radius 1 is 1.30 bits per heavy atom. The summed E-state index contributed by atoms with van der Waals surface area (Å²) in [6.45, 7) is 6.91. The van der Waals surface area contributed by atoms with Crippen molar-refractivity contribution in [2.45, 2.75) is 57.4 Å². The number of amides is 1. The third-order valence-corrected chi connectivity index (χ3v) is 6.27. The van der Waals surface area contributed by atoms with Crippen molar-refractivity contribution in [1.82, 2.24) is 9.62 Å². The van der Waals surface area contributed by atoms with Crippen LogP contribution >= 0.6 is 0 Å². The lowest BCUT2D eigenvalue weighted by atomic mass is 10.1.